The lowest BCUT2D eigenvalue weighted by molar-refractivity contribution is -0.131. The van der Waals surface area contributed by atoms with Crippen molar-refractivity contribution in [3.63, 3.8) is 0 Å². The van der Waals surface area contributed by atoms with Crippen LogP contribution in [0.5, 0.6) is 5.75 Å². The molecule has 0 aliphatic carbocycles. The number of phenolic OH excluding ortho intramolecular Hbond substituents is 1. The zero-order chi connectivity index (χ0) is 10.7. The molecule has 0 aliphatic heterocycles. The molecule has 0 saturated heterocycles. The molecule has 1 aromatic carbocycles. The van der Waals surface area contributed by atoms with E-state index in [0.717, 1.165) is 17.2 Å². The molecule has 0 bridgehead atoms. The Bertz CT molecular complexity index is 392. The highest BCUT2D eigenvalue weighted by Gasteiger charge is 2.01. The van der Waals surface area contributed by atoms with Crippen molar-refractivity contribution in [2.45, 2.75) is 13.8 Å². The van der Waals surface area contributed by atoms with Gasteiger partial charge in [-0.25, -0.2) is 4.79 Å². The summed E-state index contributed by atoms with van der Waals surface area (Å²) in [6.07, 6.45) is 2.38. The number of hydrogen-bond donors (Lipinski definition) is 2. The predicted octanol–water partition coefficient (Wildman–Crippen LogP) is 2.11. The minimum atomic E-state index is -1.03. The Morgan fingerprint density at radius 3 is 2.43 bits per heavy atom. The lowest BCUT2D eigenvalue weighted by atomic mass is 10.0. The number of phenols is 1. The molecule has 0 radical (unpaired) electrons. The number of hydrogen-bond acceptors (Lipinski definition) is 2. The predicted molar refractivity (Wildman–Crippen MR) is 54.3 cm³/mol. The van der Waals surface area contributed by atoms with Gasteiger partial charge in [0, 0.05) is 11.6 Å². The third-order valence-electron chi connectivity index (χ3n) is 2.05. The van der Waals surface area contributed by atoms with Crippen molar-refractivity contribution in [3.05, 3.63) is 34.9 Å². The van der Waals surface area contributed by atoms with Crippen molar-refractivity contribution in [1.82, 2.24) is 0 Å². The number of rotatable bonds is 2. The third-order valence-corrected chi connectivity index (χ3v) is 2.05. The second-order valence-corrected chi connectivity index (χ2v) is 3.17. The first-order valence-electron chi connectivity index (χ1n) is 4.22. The summed E-state index contributed by atoms with van der Waals surface area (Å²) in [6, 6.07) is 3.38. The number of aromatic hydroxyl groups is 1. The summed E-state index contributed by atoms with van der Waals surface area (Å²) >= 11 is 0. The summed E-state index contributed by atoms with van der Waals surface area (Å²) in [7, 11) is 0. The lowest BCUT2D eigenvalue weighted by Crippen LogP contribution is -1.87. The first-order chi connectivity index (χ1) is 6.50. The van der Waals surface area contributed by atoms with Crippen LogP contribution >= 0.6 is 0 Å². The van der Waals surface area contributed by atoms with E-state index in [2.05, 4.69) is 0 Å². The van der Waals surface area contributed by atoms with Gasteiger partial charge in [-0.05, 0) is 43.2 Å². The molecule has 0 unspecified atom stereocenters. The van der Waals surface area contributed by atoms with Crippen molar-refractivity contribution in [2.75, 3.05) is 0 Å². The smallest absolute Gasteiger partial charge is 0.328 e. The molecule has 3 nitrogen and oxygen atoms in total. The second kappa shape index (κ2) is 3.96. The number of benzene rings is 1. The van der Waals surface area contributed by atoms with Crippen LogP contribution in [-0.4, -0.2) is 16.2 Å². The van der Waals surface area contributed by atoms with Gasteiger partial charge in [0.1, 0.15) is 5.75 Å². The number of aryl methyl sites for hydroxylation is 2. The van der Waals surface area contributed by atoms with Crippen LogP contribution in [0.1, 0.15) is 16.7 Å². The van der Waals surface area contributed by atoms with Crippen LogP contribution in [0.3, 0.4) is 0 Å². The molecule has 2 N–H and O–H groups in total. The van der Waals surface area contributed by atoms with Gasteiger partial charge >= 0.3 is 5.97 Å². The van der Waals surface area contributed by atoms with Crippen LogP contribution in [-0.2, 0) is 4.79 Å². The molecule has 0 atom stereocenters. The van der Waals surface area contributed by atoms with Gasteiger partial charge in [0.25, 0.3) is 0 Å². The Balaban J connectivity index is 3.10. The molecule has 14 heavy (non-hydrogen) atoms. The van der Waals surface area contributed by atoms with Gasteiger partial charge in [-0.15, -0.1) is 0 Å². The summed E-state index contributed by atoms with van der Waals surface area (Å²) in [5, 5.41) is 17.9. The van der Waals surface area contributed by atoms with E-state index in [4.69, 9.17) is 5.11 Å². The topological polar surface area (TPSA) is 57.5 Å². The van der Waals surface area contributed by atoms with Crippen LogP contribution in [0.25, 0.3) is 6.08 Å². The van der Waals surface area contributed by atoms with E-state index in [1.54, 1.807) is 12.1 Å². The maximum Gasteiger partial charge on any atom is 0.328 e. The molecule has 0 aromatic heterocycles. The minimum absolute atomic E-state index is 0.102. The monoisotopic (exact) mass is 192 g/mol. The second-order valence-electron chi connectivity index (χ2n) is 3.17. The fourth-order valence-corrected chi connectivity index (χ4v) is 1.12. The fraction of sp³-hybridized carbons (Fsp3) is 0.182. The standard InChI is InChI=1S/C11H12O3/c1-7-5-9(3-4-11(13)14)10(12)6-8(7)2/h3-6,12H,1-2H3,(H,13,14)/b4-3+. The summed E-state index contributed by atoms with van der Waals surface area (Å²) in [6.45, 7) is 3.80. The number of carboxylic acids is 1. The van der Waals surface area contributed by atoms with Crippen molar-refractivity contribution in [3.8, 4) is 5.75 Å². The van der Waals surface area contributed by atoms with Crippen molar-refractivity contribution < 1.29 is 15.0 Å². The summed E-state index contributed by atoms with van der Waals surface area (Å²) in [5.41, 5.74) is 2.53. The van der Waals surface area contributed by atoms with E-state index in [1.807, 2.05) is 13.8 Å². The molecule has 0 amide bonds. The van der Waals surface area contributed by atoms with E-state index < -0.39 is 5.97 Å². The van der Waals surface area contributed by atoms with Gasteiger partial charge in [0.15, 0.2) is 0 Å². The first kappa shape index (κ1) is 10.3. The van der Waals surface area contributed by atoms with Gasteiger partial charge < -0.3 is 10.2 Å². The van der Waals surface area contributed by atoms with Crippen molar-refractivity contribution in [2.24, 2.45) is 0 Å². The van der Waals surface area contributed by atoms with Gasteiger partial charge in [-0.2, -0.15) is 0 Å². The highest BCUT2D eigenvalue weighted by molar-refractivity contribution is 5.86. The largest absolute Gasteiger partial charge is 0.507 e. The first-order valence-corrected chi connectivity index (χ1v) is 4.22. The highest BCUT2D eigenvalue weighted by Crippen LogP contribution is 2.22. The highest BCUT2D eigenvalue weighted by atomic mass is 16.4. The molecule has 0 saturated carbocycles. The van der Waals surface area contributed by atoms with E-state index in [9.17, 15) is 9.90 Å². The zero-order valence-electron chi connectivity index (χ0n) is 8.11. The number of carboxylic acid groups (broad SMARTS) is 1. The SMILES string of the molecule is Cc1cc(O)c(/C=C/C(=O)O)cc1C. The molecule has 74 valence electrons. The summed E-state index contributed by atoms with van der Waals surface area (Å²) in [4.78, 5) is 10.3. The maximum atomic E-state index is 10.3. The van der Waals surface area contributed by atoms with Gasteiger partial charge in [0.2, 0.25) is 0 Å². The average molecular weight is 192 g/mol. The molecule has 1 aromatic rings. The molecule has 0 aliphatic rings. The Morgan fingerprint density at radius 1 is 1.29 bits per heavy atom. The summed E-state index contributed by atoms with van der Waals surface area (Å²) < 4.78 is 0. The molecule has 0 spiro atoms. The van der Waals surface area contributed by atoms with E-state index in [0.29, 0.717) is 5.56 Å². The van der Waals surface area contributed by atoms with Gasteiger partial charge in [-0.3, -0.25) is 0 Å². The Hall–Kier alpha value is -1.77. The van der Waals surface area contributed by atoms with Crippen LogP contribution in [0.15, 0.2) is 18.2 Å². The normalized spacial score (nSPS) is 10.7. The minimum Gasteiger partial charge on any atom is -0.507 e. The molecule has 3 heteroatoms. The van der Waals surface area contributed by atoms with Crippen molar-refractivity contribution in [1.29, 1.82) is 0 Å². The van der Waals surface area contributed by atoms with Crippen LogP contribution in [0.2, 0.25) is 0 Å². The van der Waals surface area contributed by atoms with E-state index >= 15 is 0 Å². The number of aliphatic carboxylic acids is 1. The van der Waals surface area contributed by atoms with Gasteiger partial charge in [-0.1, -0.05) is 0 Å². The maximum absolute atomic E-state index is 10.3. The molecule has 0 heterocycles. The zero-order valence-corrected chi connectivity index (χ0v) is 8.11. The fourth-order valence-electron chi connectivity index (χ4n) is 1.12. The van der Waals surface area contributed by atoms with Crippen LogP contribution in [0.4, 0.5) is 0 Å². The Morgan fingerprint density at radius 2 is 1.86 bits per heavy atom. The van der Waals surface area contributed by atoms with Crippen LogP contribution < -0.4 is 0 Å². The van der Waals surface area contributed by atoms with E-state index in [1.165, 1.54) is 6.08 Å². The third kappa shape index (κ3) is 2.36. The van der Waals surface area contributed by atoms with Gasteiger partial charge in [0.05, 0.1) is 0 Å². The lowest BCUT2D eigenvalue weighted by Gasteiger charge is -2.04. The average Bonchev–Trinajstić information content (AvgIpc) is 2.09. The number of carbonyl (C=O) groups is 1. The quantitative estimate of drug-likeness (QED) is 0.705. The molecular weight excluding hydrogens is 180 g/mol. The molecule has 1 rings (SSSR count). The van der Waals surface area contributed by atoms with E-state index in [-0.39, 0.29) is 5.75 Å². The van der Waals surface area contributed by atoms with Crippen LogP contribution in [0, 0.1) is 13.8 Å². The Labute approximate surface area is 82.3 Å². The molecular formula is C11H12O3. The summed E-state index contributed by atoms with van der Waals surface area (Å²) in [5.74, 6) is -0.923. The molecule has 0 fully saturated rings. The van der Waals surface area contributed by atoms with Crippen molar-refractivity contribution >= 4 is 12.0 Å². The Kier molecular flexibility index (Phi) is 2.92.